The summed E-state index contributed by atoms with van der Waals surface area (Å²) in [4.78, 5) is 3.24. The molecule has 2 fully saturated rings. The molecular formula is C12H13F3N2O3S. The lowest BCUT2D eigenvalue weighted by Gasteiger charge is -2.37. The van der Waals surface area contributed by atoms with Crippen LogP contribution in [0.4, 0.5) is 13.2 Å². The molecule has 0 aromatic carbocycles. The van der Waals surface area contributed by atoms with Gasteiger partial charge in [-0.05, 0) is 18.9 Å². The van der Waals surface area contributed by atoms with Crippen molar-refractivity contribution in [1.29, 1.82) is 0 Å². The van der Waals surface area contributed by atoms with Crippen molar-refractivity contribution in [3.8, 4) is 5.75 Å². The minimum Gasteiger partial charge on any atom is -0.488 e. The average Bonchev–Trinajstić information content (AvgIpc) is 3.16. The number of nitrogens with zero attached hydrogens (tertiary/aromatic N) is 2. The first-order valence-corrected chi connectivity index (χ1v) is 7.96. The maximum absolute atomic E-state index is 12.5. The van der Waals surface area contributed by atoms with Gasteiger partial charge >= 0.3 is 6.18 Å². The summed E-state index contributed by atoms with van der Waals surface area (Å²) in [6, 6.07) is 2.14. The molecule has 1 aromatic heterocycles. The van der Waals surface area contributed by atoms with Gasteiger partial charge < -0.3 is 4.74 Å². The van der Waals surface area contributed by atoms with Crippen molar-refractivity contribution in [3.63, 3.8) is 0 Å². The second kappa shape index (κ2) is 4.84. The zero-order valence-corrected chi connectivity index (χ0v) is 11.7. The molecule has 0 N–H and O–H groups in total. The summed E-state index contributed by atoms with van der Waals surface area (Å²) >= 11 is 0. The van der Waals surface area contributed by atoms with Gasteiger partial charge in [0, 0.05) is 12.3 Å². The largest absolute Gasteiger partial charge is 0.488 e. The molecule has 0 unspecified atom stereocenters. The zero-order chi connectivity index (χ0) is 15.3. The Labute approximate surface area is 119 Å². The lowest BCUT2D eigenvalue weighted by Crippen LogP contribution is -2.56. The van der Waals surface area contributed by atoms with Gasteiger partial charge in [-0.25, -0.2) is 8.42 Å². The highest BCUT2D eigenvalue weighted by Crippen LogP contribution is 2.34. The highest BCUT2D eigenvalue weighted by atomic mass is 32.2. The van der Waals surface area contributed by atoms with Crippen molar-refractivity contribution < 1.29 is 26.3 Å². The molecule has 21 heavy (non-hydrogen) atoms. The lowest BCUT2D eigenvalue weighted by molar-refractivity contribution is -0.141. The van der Waals surface area contributed by atoms with Crippen LogP contribution in [0.15, 0.2) is 18.3 Å². The SMILES string of the molecule is O=S(=O)(C1CC1)N1CC(Oc2ccnc(C(F)(F)F)c2)C1. The smallest absolute Gasteiger partial charge is 0.433 e. The number of rotatable bonds is 4. The van der Waals surface area contributed by atoms with Crippen LogP contribution in [0, 0.1) is 0 Å². The number of alkyl halides is 3. The summed E-state index contributed by atoms with van der Waals surface area (Å²) in [6.07, 6.45) is -2.55. The van der Waals surface area contributed by atoms with E-state index in [4.69, 9.17) is 4.74 Å². The van der Waals surface area contributed by atoms with Crippen LogP contribution in [-0.4, -0.2) is 42.2 Å². The fraction of sp³-hybridized carbons (Fsp3) is 0.583. The Morgan fingerprint density at radius 3 is 2.52 bits per heavy atom. The second-order valence-corrected chi connectivity index (χ2v) is 7.39. The molecule has 1 aliphatic heterocycles. The van der Waals surface area contributed by atoms with Gasteiger partial charge in [0.15, 0.2) is 0 Å². The molecule has 0 bridgehead atoms. The molecule has 0 amide bonds. The molecule has 0 atom stereocenters. The van der Waals surface area contributed by atoms with E-state index in [0.29, 0.717) is 12.8 Å². The van der Waals surface area contributed by atoms with E-state index in [1.54, 1.807) is 0 Å². The topological polar surface area (TPSA) is 59.5 Å². The maximum atomic E-state index is 12.5. The van der Waals surface area contributed by atoms with Gasteiger partial charge in [-0.2, -0.15) is 17.5 Å². The predicted octanol–water partition coefficient (Wildman–Crippen LogP) is 1.66. The summed E-state index contributed by atoms with van der Waals surface area (Å²) < 4.78 is 68.0. The van der Waals surface area contributed by atoms with Gasteiger partial charge in [0.2, 0.25) is 10.0 Å². The van der Waals surface area contributed by atoms with Gasteiger partial charge in [-0.1, -0.05) is 0 Å². The van der Waals surface area contributed by atoms with Crippen LogP contribution in [0.5, 0.6) is 5.75 Å². The normalized spacial score (nSPS) is 21.1. The Morgan fingerprint density at radius 1 is 1.29 bits per heavy atom. The third-order valence-corrected chi connectivity index (χ3v) is 5.78. The van der Waals surface area contributed by atoms with Crippen molar-refractivity contribution in [2.45, 2.75) is 30.4 Å². The van der Waals surface area contributed by atoms with Crippen molar-refractivity contribution in [1.82, 2.24) is 9.29 Å². The molecule has 9 heteroatoms. The van der Waals surface area contributed by atoms with Crippen molar-refractivity contribution in [2.75, 3.05) is 13.1 Å². The summed E-state index contributed by atoms with van der Waals surface area (Å²) in [5, 5.41) is -0.281. The number of aromatic nitrogens is 1. The molecule has 1 saturated carbocycles. The summed E-state index contributed by atoms with van der Waals surface area (Å²) in [5.74, 6) is 0.0470. The summed E-state index contributed by atoms with van der Waals surface area (Å²) in [5.41, 5.74) is -1.03. The van der Waals surface area contributed by atoms with E-state index >= 15 is 0 Å². The molecule has 5 nitrogen and oxygen atoms in total. The Hall–Kier alpha value is -1.35. The third-order valence-electron chi connectivity index (χ3n) is 3.44. The molecule has 2 heterocycles. The van der Waals surface area contributed by atoms with E-state index < -0.39 is 28.0 Å². The third kappa shape index (κ3) is 2.98. The Bertz CT molecular complexity index is 637. The fourth-order valence-corrected chi connectivity index (χ4v) is 3.99. The fourth-order valence-electron chi connectivity index (χ4n) is 2.09. The van der Waals surface area contributed by atoms with Gasteiger partial charge in [0.25, 0.3) is 0 Å². The highest BCUT2D eigenvalue weighted by Gasteiger charge is 2.46. The summed E-state index contributed by atoms with van der Waals surface area (Å²) in [7, 11) is -3.22. The van der Waals surface area contributed by atoms with Gasteiger partial charge in [0.05, 0.1) is 18.3 Å². The second-order valence-electron chi connectivity index (χ2n) is 5.18. The van der Waals surface area contributed by atoms with Crippen molar-refractivity contribution in [2.24, 2.45) is 0 Å². The number of ether oxygens (including phenoxy) is 1. The van der Waals surface area contributed by atoms with Gasteiger partial charge in [-0.3, -0.25) is 4.98 Å². The van der Waals surface area contributed by atoms with Crippen LogP contribution in [-0.2, 0) is 16.2 Å². The van der Waals surface area contributed by atoms with Crippen molar-refractivity contribution in [3.05, 3.63) is 24.0 Å². The van der Waals surface area contributed by atoms with E-state index in [1.165, 1.54) is 10.4 Å². The van der Waals surface area contributed by atoms with E-state index in [9.17, 15) is 21.6 Å². The summed E-state index contributed by atoms with van der Waals surface area (Å²) in [6.45, 7) is 0.366. The number of pyridine rings is 1. The quantitative estimate of drug-likeness (QED) is 0.846. The van der Waals surface area contributed by atoms with Crippen molar-refractivity contribution >= 4 is 10.0 Å². The standard InChI is InChI=1S/C12H13F3N2O3S/c13-12(14,15)11-5-8(3-4-16-11)20-9-6-17(7-9)21(18,19)10-1-2-10/h3-5,9-10H,1-2,6-7H2. The molecular weight excluding hydrogens is 309 g/mol. The molecule has 2 aliphatic rings. The van der Waals surface area contributed by atoms with Crippen LogP contribution < -0.4 is 4.74 Å². The molecule has 3 rings (SSSR count). The van der Waals surface area contributed by atoms with Gasteiger partial charge in [0.1, 0.15) is 17.5 Å². The molecule has 1 aromatic rings. The number of sulfonamides is 1. The number of halogens is 3. The molecule has 1 aliphatic carbocycles. The van der Waals surface area contributed by atoms with Crippen LogP contribution >= 0.6 is 0 Å². The molecule has 0 radical (unpaired) electrons. The van der Waals surface area contributed by atoms with Crippen LogP contribution in [0.25, 0.3) is 0 Å². The van der Waals surface area contributed by atoms with Crippen LogP contribution in [0.1, 0.15) is 18.5 Å². The number of hydrogen-bond acceptors (Lipinski definition) is 4. The lowest BCUT2D eigenvalue weighted by atomic mass is 10.2. The average molecular weight is 322 g/mol. The Balaban J connectivity index is 1.60. The monoisotopic (exact) mass is 322 g/mol. The van der Waals surface area contributed by atoms with Crippen LogP contribution in [0.3, 0.4) is 0 Å². The van der Waals surface area contributed by atoms with E-state index in [0.717, 1.165) is 12.3 Å². The molecule has 116 valence electrons. The molecule has 0 spiro atoms. The number of hydrogen-bond donors (Lipinski definition) is 0. The zero-order valence-electron chi connectivity index (χ0n) is 10.9. The molecule has 1 saturated heterocycles. The minimum absolute atomic E-state index is 0.0470. The van der Waals surface area contributed by atoms with E-state index in [-0.39, 0.29) is 24.1 Å². The maximum Gasteiger partial charge on any atom is 0.433 e. The highest BCUT2D eigenvalue weighted by molar-refractivity contribution is 7.90. The first-order valence-electron chi connectivity index (χ1n) is 6.45. The van der Waals surface area contributed by atoms with Gasteiger partial charge in [-0.15, -0.1) is 0 Å². The van der Waals surface area contributed by atoms with Crippen LogP contribution in [0.2, 0.25) is 0 Å². The Morgan fingerprint density at radius 2 is 1.95 bits per heavy atom. The van der Waals surface area contributed by atoms with E-state index in [2.05, 4.69) is 4.98 Å². The van der Waals surface area contributed by atoms with E-state index in [1.807, 2.05) is 0 Å². The first-order chi connectivity index (χ1) is 9.77. The first kappa shape index (κ1) is 14.6. The predicted molar refractivity (Wildman–Crippen MR) is 67.2 cm³/mol. The minimum atomic E-state index is -4.53. The Kier molecular flexibility index (Phi) is 3.36.